The van der Waals surface area contributed by atoms with Crippen molar-refractivity contribution in [3.8, 4) is 11.1 Å². The van der Waals surface area contributed by atoms with Crippen LogP contribution in [0, 0.1) is 24.5 Å². The number of aromatic nitrogens is 2. The number of H-pyrrole nitrogens is 1. The molecule has 0 spiro atoms. The highest BCUT2D eigenvalue weighted by Crippen LogP contribution is 2.25. The lowest BCUT2D eigenvalue weighted by molar-refractivity contribution is 0.835. The monoisotopic (exact) mass is 382 g/mol. The molecule has 0 fully saturated rings. The molecule has 3 rings (SSSR count). The maximum Gasteiger partial charge on any atom is 0.280 e. The zero-order valence-corrected chi connectivity index (χ0v) is 15.7. The van der Waals surface area contributed by atoms with E-state index in [-0.39, 0.29) is 5.56 Å². The van der Waals surface area contributed by atoms with Gasteiger partial charge in [0.25, 0.3) is 5.56 Å². The number of nitrogens with one attached hydrogen (secondary N) is 1. The van der Waals surface area contributed by atoms with Crippen LogP contribution in [0.3, 0.4) is 0 Å². The van der Waals surface area contributed by atoms with Gasteiger partial charge in [0.15, 0.2) is 0 Å². The quantitative estimate of drug-likeness (QED) is 0.401. The number of halogens is 1. The summed E-state index contributed by atoms with van der Waals surface area (Å²) in [5.41, 5.74) is 3.44. The maximum atomic E-state index is 12.7. The number of thioether (sulfide) groups is 1. The summed E-state index contributed by atoms with van der Waals surface area (Å²) < 4.78 is 1.46. The van der Waals surface area contributed by atoms with Crippen LogP contribution in [0.2, 0.25) is 5.02 Å². The minimum absolute atomic E-state index is 0.178. The molecule has 1 heterocycles. The Morgan fingerprint density at radius 2 is 1.96 bits per heavy atom. The molecule has 0 aliphatic rings. The molecule has 7 heteroatoms. The molecule has 0 atom stereocenters. The highest BCUT2D eigenvalue weighted by Gasteiger charge is 2.11. The van der Waals surface area contributed by atoms with Gasteiger partial charge in [0.1, 0.15) is 5.40 Å². The molecule has 0 amide bonds. The average Bonchev–Trinajstić information content (AvgIpc) is 2.90. The van der Waals surface area contributed by atoms with Crippen molar-refractivity contribution in [3.05, 3.63) is 74.7 Å². The molecular formula is C19H15ClN4OS. The molecule has 0 aliphatic carbocycles. The van der Waals surface area contributed by atoms with Gasteiger partial charge in [0.05, 0.1) is 16.9 Å². The topological polar surface area (TPSA) is 73.9 Å². The van der Waals surface area contributed by atoms with Crippen molar-refractivity contribution >= 4 is 35.3 Å². The second kappa shape index (κ2) is 7.65. The summed E-state index contributed by atoms with van der Waals surface area (Å²) in [6, 6.07) is 12.6. The Morgan fingerprint density at radius 1 is 1.23 bits per heavy atom. The molecule has 1 N–H and O–H groups in total. The molecule has 0 saturated heterocycles. The van der Waals surface area contributed by atoms with Crippen LogP contribution in [0.4, 0.5) is 5.69 Å². The van der Waals surface area contributed by atoms with Crippen molar-refractivity contribution in [2.75, 3.05) is 0 Å². The summed E-state index contributed by atoms with van der Waals surface area (Å²) in [5, 5.41) is 14.5. The third kappa shape index (κ3) is 3.74. The Kier molecular flexibility index (Phi) is 5.31. The third-order valence-electron chi connectivity index (χ3n) is 3.87. The molecule has 0 unspecified atom stereocenters. The lowest BCUT2D eigenvalue weighted by Crippen LogP contribution is -2.17. The van der Waals surface area contributed by atoms with Crippen LogP contribution in [0.5, 0.6) is 0 Å². The number of hydrogen-bond acceptors (Lipinski definition) is 4. The summed E-state index contributed by atoms with van der Waals surface area (Å²) in [5.74, 6) is 0. The van der Waals surface area contributed by atoms with Gasteiger partial charge < -0.3 is 0 Å². The van der Waals surface area contributed by atoms with E-state index in [1.807, 2.05) is 37.4 Å². The van der Waals surface area contributed by atoms with E-state index in [1.54, 1.807) is 30.5 Å². The fraction of sp³-hybridized carbons (Fsp3) is 0.105. The van der Waals surface area contributed by atoms with Crippen molar-refractivity contribution in [2.24, 2.45) is 4.99 Å². The van der Waals surface area contributed by atoms with E-state index in [9.17, 15) is 4.79 Å². The van der Waals surface area contributed by atoms with Gasteiger partial charge in [-0.3, -0.25) is 14.9 Å². The van der Waals surface area contributed by atoms with E-state index < -0.39 is 0 Å². The maximum absolute atomic E-state index is 12.7. The number of aryl methyl sites for hydroxylation is 2. The standard InChI is InChI=1S/C19H15ClN4OS/c1-12-9-16(26-11-21)7-8-18(12)22-10-17-13(2)23-24(19(17)25)15-5-3-14(20)4-6-15/h3-10,23H,1-2H3. The van der Waals surface area contributed by atoms with Crippen LogP contribution in [0.15, 0.2) is 57.1 Å². The average molecular weight is 383 g/mol. The van der Waals surface area contributed by atoms with Crippen LogP contribution in [-0.4, -0.2) is 16.0 Å². The van der Waals surface area contributed by atoms with Crippen LogP contribution >= 0.6 is 23.4 Å². The van der Waals surface area contributed by atoms with E-state index in [0.717, 1.165) is 33.6 Å². The Balaban J connectivity index is 1.94. The van der Waals surface area contributed by atoms with Crippen LogP contribution < -0.4 is 5.56 Å². The molecule has 3 aromatic rings. The number of aromatic amines is 1. The van der Waals surface area contributed by atoms with Crippen LogP contribution in [0.25, 0.3) is 5.69 Å². The zero-order chi connectivity index (χ0) is 18.7. The van der Waals surface area contributed by atoms with E-state index in [4.69, 9.17) is 16.9 Å². The van der Waals surface area contributed by atoms with Crippen LogP contribution in [0.1, 0.15) is 16.8 Å². The number of nitrogens with zero attached hydrogens (tertiary/aromatic N) is 3. The molecule has 26 heavy (non-hydrogen) atoms. The van der Waals surface area contributed by atoms with Gasteiger partial charge in [-0.2, -0.15) is 5.26 Å². The van der Waals surface area contributed by atoms with Gasteiger partial charge in [-0.15, -0.1) is 0 Å². The Morgan fingerprint density at radius 3 is 2.62 bits per heavy atom. The van der Waals surface area contributed by atoms with Gasteiger partial charge in [0.2, 0.25) is 0 Å². The summed E-state index contributed by atoms with van der Waals surface area (Å²) in [7, 11) is 0. The number of hydrogen-bond donors (Lipinski definition) is 1. The van der Waals surface area contributed by atoms with Gasteiger partial charge in [-0.05, 0) is 73.6 Å². The first kappa shape index (κ1) is 18.1. The second-order valence-electron chi connectivity index (χ2n) is 5.67. The van der Waals surface area contributed by atoms with Crippen molar-refractivity contribution in [2.45, 2.75) is 18.7 Å². The van der Waals surface area contributed by atoms with Crippen molar-refractivity contribution in [3.63, 3.8) is 0 Å². The second-order valence-corrected chi connectivity index (χ2v) is 6.96. The predicted molar refractivity (Wildman–Crippen MR) is 106 cm³/mol. The highest BCUT2D eigenvalue weighted by atomic mass is 35.5. The van der Waals surface area contributed by atoms with E-state index in [1.165, 1.54) is 4.68 Å². The van der Waals surface area contributed by atoms with E-state index in [0.29, 0.717) is 16.3 Å². The summed E-state index contributed by atoms with van der Waals surface area (Å²) in [6.07, 6.45) is 1.57. The van der Waals surface area contributed by atoms with E-state index in [2.05, 4.69) is 10.1 Å². The smallest absolute Gasteiger partial charge is 0.280 e. The molecule has 0 bridgehead atoms. The predicted octanol–water partition coefficient (Wildman–Crippen LogP) is 4.76. The highest BCUT2D eigenvalue weighted by molar-refractivity contribution is 8.03. The Hall–Kier alpha value is -2.75. The summed E-state index contributed by atoms with van der Waals surface area (Å²) in [4.78, 5) is 18.0. The largest absolute Gasteiger partial charge is 0.295 e. The Bertz CT molecular complexity index is 1070. The summed E-state index contributed by atoms with van der Waals surface area (Å²) in [6.45, 7) is 3.75. The molecule has 0 saturated carbocycles. The Labute approximate surface area is 159 Å². The molecule has 0 aliphatic heterocycles. The SMILES string of the molecule is Cc1cc(SC#N)ccc1N=Cc1c(C)[nH]n(-c2ccc(Cl)cc2)c1=O. The van der Waals surface area contributed by atoms with Gasteiger partial charge >= 0.3 is 0 Å². The van der Waals surface area contributed by atoms with Crippen LogP contribution in [-0.2, 0) is 0 Å². The number of aliphatic imine (C=N–C) groups is 1. The molecule has 2 aromatic carbocycles. The first-order chi connectivity index (χ1) is 12.5. The number of benzene rings is 2. The normalized spacial score (nSPS) is 11.0. The third-order valence-corrected chi connectivity index (χ3v) is 4.70. The first-order valence-corrected chi connectivity index (χ1v) is 8.97. The number of nitriles is 1. The minimum atomic E-state index is -0.178. The van der Waals surface area contributed by atoms with Crippen molar-refractivity contribution in [1.82, 2.24) is 9.78 Å². The molecule has 130 valence electrons. The molecule has 5 nitrogen and oxygen atoms in total. The lowest BCUT2D eigenvalue weighted by Gasteiger charge is -2.01. The van der Waals surface area contributed by atoms with Gasteiger partial charge in [0, 0.05) is 21.8 Å². The van der Waals surface area contributed by atoms with Gasteiger partial charge in [-0.1, -0.05) is 11.6 Å². The minimum Gasteiger partial charge on any atom is -0.295 e. The van der Waals surface area contributed by atoms with Crippen molar-refractivity contribution in [1.29, 1.82) is 5.26 Å². The molecular weight excluding hydrogens is 368 g/mol. The van der Waals surface area contributed by atoms with Crippen molar-refractivity contribution < 1.29 is 0 Å². The fourth-order valence-corrected chi connectivity index (χ4v) is 3.11. The number of thiocyanates is 1. The summed E-state index contributed by atoms with van der Waals surface area (Å²) >= 11 is 7.01. The molecule has 1 aromatic heterocycles. The fourth-order valence-electron chi connectivity index (χ4n) is 2.51. The molecule has 0 radical (unpaired) electrons. The lowest BCUT2D eigenvalue weighted by atomic mass is 10.2. The number of rotatable bonds is 4. The first-order valence-electron chi connectivity index (χ1n) is 7.78. The zero-order valence-electron chi connectivity index (χ0n) is 14.2. The van der Waals surface area contributed by atoms with E-state index >= 15 is 0 Å². The van der Waals surface area contributed by atoms with Gasteiger partial charge in [-0.25, -0.2) is 4.68 Å².